The van der Waals surface area contributed by atoms with Crippen LogP contribution in [0.4, 0.5) is 11.5 Å². The molecule has 0 saturated carbocycles. The van der Waals surface area contributed by atoms with Gasteiger partial charge in [0.25, 0.3) is 0 Å². The van der Waals surface area contributed by atoms with E-state index in [1.807, 2.05) is 45.3 Å². The summed E-state index contributed by atoms with van der Waals surface area (Å²) in [4.78, 5) is 14.4. The summed E-state index contributed by atoms with van der Waals surface area (Å²) in [6, 6.07) is 17.6. The van der Waals surface area contributed by atoms with E-state index in [0.29, 0.717) is 44.2 Å². The largest absolute Gasteiger partial charge is 0.490 e. The molecule has 1 aromatic heterocycles. The monoisotopic (exact) mass is 422 g/mol. The van der Waals surface area contributed by atoms with E-state index in [1.54, 1.807) is 16.9 Å². The van der Waals surface area contributed by atoms with Crippen LogP contribution in [-0.4, -0.2) is 43.0 Å². The Morgan fingerprint density at radius 2 is 1.74 bits per heavy atom. The van der Waals surface area contributed by atoms with Crippen molar-refractivity contribution in [3.63, 3.8) is 0 Å². The van der Waals surface area contributed by atoms with E-state index in [4.69, 9.17) is 9.47 Å². The summed E-state index contributed by atoms with van der Waals surface area (Å²) in [5.41, 5.74) is 2.26. The molecule has 164 valence electrons. The molecular formula is C24H30N4O3. The van der Waals surface area contributed by atoms with Crippen molar-refractivity contribution in [3.8, 4) is 11.5 Å². The van der Waals surface area contributed by atoms with Crippen molar-refractivity contribution in [3.05, 3.63) is 66.4 Å². The van der Waals surface area contributed by atoms with Gasteiger partial charge in [-0.15, -0.1) is 0 Å². The van der Waals surface area contributed by atoms with Gasteiger partial charge in [0.1, 0.15) is 5.82 Å². The quantitative estimate of drug-likeness (QED) is 0.469. The summed E-state index contributed by atoms with van der Waals surface area (Å²) in [6.45, 7) is 3.55. The van der Waals surface area contributed by atoms with Gasteiger partial charge in [0.2, 0.25) is 5.91 Å². The second kappa shape index (κ2) is 11.1. The highest BCUT2D eigenvalue weighted by molar-refractivity contribution is 5.89. The van der Waals surface area contributed by atoms with Gasteiger partial charge in [-0.1, -0.05) is 24.3 Å². The number of para-hydroxylation sites is 2. The second-order valence-electron chi connectivity index (χ2n) is 7.31. The zero-order valence-electron chi connectivity index (χ0n) is 18.4. The van der Waals surface area contributed by atoms with Crippen LogP contribution in [0.3, 0.4) is 0 Å². The minimum absolute atomic E-state index is 0.0635. The van der Waals surface area contributed by atoms with Crippen LogP contribution in [0.1, 0.15) is 25.3 Å². The van der Waals surface area contributed by atoms with E-state index >= 15 is 0 Å². The second-order valence-corrected chi connectivity index (χ2v) is 7.31. The highest BCUT2D eigenvalue weighted by atomic mass is 16.5. The summed E-state index contributed by atoms with van der Waals surface area (Å²) in [5, 5.41) is 7.28. The van der Waals surface area contributed by atoms with E-state index < -0.39 is 0 Å². The van der Waals surface area contributed by atoms with Crippen molar-refractivity contribution in [2.24, 2.45) is 0 Å². The number of benzene rings is 2. The van der Waals surface area contributed by atoms with E-state index in [9.17, 15) is 4.79 Å². The SMILES string of the molecule is CCOc1ccccc1OCCCC(=O)Nc1ccnn1Cc1ccc(N(C)C)cc1. The predicted octanol–water partition coefficient (Wildman–Crippen LogP) is 4.19. The van der Waals surface area contributed by atoms with Gasteiger partial charge in [0.05, 0.1) is 26.0 Å². The number of carbonyl (C=O) groups excluding carboxylic acids is 1. The zero-order chi connectivity index (χ0) is 22.1. The standard InChI is InChI=1S/C24H30N4O3/c1-4-30-21-8-5-6-9-22(21)31-17-7-10-24(29)26-23-15-16-25-28(23)18-19-11-13-20(14-12-19)27(2)3/h5-6,8-9,11-16H,4,7,10,17-18H2,1-3H3,(H,26,29). The lowest BCUT2D eigenvalue weighted by Crippen LogP contribution is -2.16. The number of carbonyl (C=O) groups is 1. The molecule has 0 aliphatic carbocycles. The van der Waals surface area contributed by atoms with Gasteiger partial charge in [-0.3, -0.25) is 4.79 Å². The number of hydrogen-bond donors (Lipinski definition) is 1. The molecule has 0 bridgehead atoms. The molecule has 0 radical (unpaired) electrons. The van der Waals surface area contributed by atoms with Crippen molar-refractivity contribution in [1.82, 2.24) is 9.78 Å². The molecular weight excluding hydrogens is 392 g/mol. The number of nitrogens with one attached hydrogen (secondary N) is 1. The lowest BCUT2D eigenvalue weighted by molar-refractivity contribution is -0.116. The average Bonchev–Trinajstić information content (AvgIpc) is 3.19. The maximum Gasteiger partial charge on any atom is 0.225 e. The molecule has 0 fully saturated rings. The lowest BCUT2D eigenvalue weighted by atomic mass is 10.2. The van der Waals surface area contributed by atoms with Gasteiger partial charge in [0, 0.05) is 32.3 Å². The van der Waals surface area contributed by atoms with Crippen LogP contribution in [0.5, 0.6) is 11.5 Å². The number of ether oxygens (including phenoxy) is 2. The van der Waals surface area contributed by atoms with Crippen LogP contribution in [0.2, 0.25) is 0 Å². The van der Waals surface area contributed by atoms with Gasteiger partial charge in [-0.2, -0.15) is 5.10 Å². The molecule has 3 aromatic rings. The van der Waals surface area contributed by atoms with Crippen molar-refractivity contribution in [2.75, 3.05) is 37.5 Å². The van der Waals surface area contributed by atoms with Crippen LogP contribution >= 0.6 is 0 Å². The number of rotatable bonds is 11. The normalized spacial score (nSPS) is 10.5. The van der Waals surface area contributed by atoms with Gasteiger partial charge in [-0.05, 0) is 43.2 Å². The first kappa shape index (κ1) is 22.2. The molecule has 0 saturated heterocycles. The Bertz CT molecular complexity index is 967. The molecule has 0 aliphatic heterocycles. The summed E-state index contributed by atoms with van der Waals surface area (Å²) in [6.07, 6.45) is 2.66. The summed E-state index contributed by atoms with van der Waals surface area (Å²) < 4.78 is 13.1. The lowest BCUT2D eigenvalue weighted by Gasteiger charge is -2.13. The van der Waals surface area contributed by atoms with Crippen molar-refractivity contribution < 1.29 is 14.3 Å². The maximum absolute atomic E-state index is 12.4. The Balaban J connectivity index is 1.47. The van der Waals surface area contributed by atoms with Gasteiger partial charge < -0.3 is 19.7 Å². The van der Waals surface area contributed by atoms with E-state index in [1.165, 1.54) is 0 Å². The molecule has 1 heterocycles. The Kier molecular flexibility index (Phi) is 7.92. The molecule has 7 nitrogen and oxygen atoms in total. The van der Waals surface area contributed by atoms with Crippen LogP contribution in [-0.2, 0) is 11.3 Å². The maximum atomic E-state index is 12.4. The topological polar surface area (TPSA) is 68.6 Å². The first-order valence-electron chi connectivity index (χ1n) is 10.5. The number of amides is 1. The fourth-order valence-corrected chi connectivity index (χ4v) is 3.10. The van der Waals surface area contributed by atoms with Crippen LogP contribution in [0.15, 0.2) is 60.8 Å². The summed E-state index contributed by atoms with van der Waals surface area (Å²) in [7, 11) is 4.03. The number of nitrogens with zero attached hydrogens (tertiary/aromatic N) is 3. The molecule has 3 rings (SSSR count). The smallest absolute Gasteiger partial charge is 0.225 e. The third-order valence-corrected chi connectivity index (χ3v) is 4.72. The van der Waals surface area contributed by atoms with E-state index in [2.05, 4.69) is 39.6 Å². The Morgan fingerprint density at radius 3 is 2.42 bits per heavy atom. The Morgan fingerprint density at radius 1 is 1.03 bits per heavy atom. The van der Waals surface area contributed by atoms with Gasteiger partial charge in [0.15, 0.2) is 11.5 Å². The predicted molar refractivity (Wildman–Crippen MR) is 123 cm³/mol. The number of hydrogen-bond acceptors (Lipinski definition) is 5. The van der Waals surface area contributed by atoms with Crippen molar-refractivity contribution in [1.29, 1.82) is 0 Å². The molecule has 2 aromatic carbocycles. The van der Waals surface area contributed by atoms with E-state index in [0.717, 1.165) is 17.0 Å². The van der Waals surface area contributed by atoms with Crippen LogP contribution < -0.4 is 19.7 Å². The molecule has 0 unspecified atom stereocenters. The third kappa shape index (κ3) is 6.50. The minimum Gasteiger partial charge on any atom is -0.490 e. The molecule has 0 atom stereocenters. The molecule has 0 aliphatic rings. The Labute approximate surface area is 183 Å². The van der Waals surface area contributed by atoms with Crippen LogP contribution in [0, 0.1) is 0 Å². The van der Waals surface area contributed by atoms with Crippen LogP contribution in [0.25, 0.3) is 0 Å². The molecule has 7 heteroatoms. The number of aromatic nitrogens is 2. The average molecular weight is 423 g/mol. The minimum atomic E-state index is -0.0635. The molecule has 1 N–H and O–H groups in total. The first-order valence-corrected chi connectivity index (χ1v) is 10.5. The molecule has 0 spiro atoms. The summed E-state index contributed by atoms with van der Waals surface area (Å²) >= 11 is 0. The zero-order valence-corrected chi connectivity index (χ0v) is 18.4. The molecule has 31 heavy (non-hydrogen) atoms. The fraction of sp³-hybridized carbons (Fsp3) is 0.333. The highest BCUT2D eigenvalue weighted by Gasteiger charge is 2.09. The van der Waals surface area contributed by atoms with E-state index in [-0.39, 0.29) is 5.91 Å². The van der Waals surface area contributed by atoms with Crippen molar-refractivity contribution >= 4 is 17.4 Å². The summed E-state index contributed by atoms with van der Waals surface area (Å²) in [5.74, 6) is 2.04. The first-order chi connectivity index (χ1) is 15.1. The number of anilines is 2. The highest BCUT2D eigenvalue weighted by Crippen LogP contribution is 2.26. The van der Waals surface area contributed by atoms with Gasteiger partial charge in [-0.25, -0.2) is 4.68 Å². The van der Waals surface area contributed by atoms with Gasteiger partial charge >= 0.3 is 0 Å². The Hall–Kier alpha value is -3.48. The third-order valence-electron chi connectivity index (χ3n) is 4.72. The van der Waals surface area contributed by atoms with Crippen molar-refractivity contribution in [2.45, 2.75) is 26.3 Å². The fourth-order valence-electron chi connectivity index (χ4n) is 3.10. The molecule has 1 amide bonds.